The van der Waals surface area contributed by atoms with Gasteiger partial charge in [-0.15, -0.1) is 0 Å². The highest BCUT2D eigenvalue weighted by Gasteiger charge is 2.32. The van der Waals surface area contributed by atoms with Crippen molar-refractivity contribution in [3.05, 3.63) is 28.8 Å². The molecule has 1 aromatic rings. The third-order valence-corrected chi connectivity index (χ3v) is 3.05. The summed E-state index contributed by atoms with van der Waals surface area (Å²) in [6, 6.07) is 3.38. The van der Waals surface area contributed by atoms with Gasteiger partial charge in [0, 0.05) is 0 Å². The average molecular weight is 249 g/mol. The molecule has 1 aromatic carbocycles. The van der Waals surface area contributed by atoms with Crippen LogP contribution in [0.25, 0.3) is 0 Å². The predicted octanol–water partition coefficient (Wildman–Crippen LogP) is 1.10. The van der Waals surface area contributed by atoms with Gasteiger partial charge in [-0.05, 0) is 31.0 Å². The standard InChI is InChI=1S/C13H15NO4/c1-7-3-8(2)12(10(4-7)13(17)18)14-6-9(15)5-11(14)16/h3-4,9,15H,5-6H2,1-2H3,(H,17,18). The molecule has 1 aliphatic heterocycles. The highest BCUT2D eigenvalue weighted by Crippen LogP contribution is 2.30. The minimum Gasteiger partial charge on any atom is -0.478 e. The number of carboxylic acid groups (broad SMARTS) is 1. The fraction of sp³-hybridized carbons (Fsp3) is 0.385. The third kappa shape index (κ3) is 2.09. The van der Waals surface area contributed by atoms with E-state index in [1.54, 1.807) is 13.0 Å². The number of amides is 1. The van der Waals surface area contributed by atoms with E-state index >= 15 is 0 Å². The number of β-amino-alcohol motifs (C(OH)–C–C–N with tert-alkyl or cyclic N) is 1. The fourth-order valence-corrected chi connectivity index (χ4v) is 2.39. The molecule has 96 valence electrons. The van der Waals surface area contributed by atoms with Gasteiger partial charge >= 0.3 is 5.97 Å². The summed E-state index contributed by atoms with van der Waals surface area (Å²) in [7, 11) is 0. The Morgan fingerprint density at radius 1 is 1.39 bits per heavy atom. The molecule has 1 unspecified atom stereocenters. The number of hydrogen-bond acceptors (Lipinski definition) is 3. The summed E-state index contributed by atoms with van der Waals surface area (Å²) < 4.78 is 0. The Morgan fingerprint density at radius 3 is 2.56 bits per heavy atom. The van der Waals surface area contributed by atoms with Crippen molar-refractivity contribution in [1.82, 2.24) is 0 Å². The smallest absolute Gasteiger partial charge is 0.337 e. The zero-order chi connectivity index (χ0) is 13.4. The molecule has 1 saturated heterocycles. The number of aliphatic hydroxyl groups is 1. The van der Waals surface area contributed by atoms with Gasteiger partial charge in [0.05, 0.1) is 30.3 Å². The first-order chi connectivity index (χ1) is 8.40. The van der Waals surface area contributed by atoms with E-state index in [4.69, 9.17) is 0 Å². The van der Waals surface area contributed by atoms with Crippen molar-refractivity contribution < 1.29 is 19.8 Å². The first-order valence-corrected chi connectivity index (χ1v) is 5.73. The van der Waals surface area contributed by atoms with Gasteiger partial charge in [0.1, 0.15) is 0 Å². The Kier molecular flexibility index (Phi) is 3.09. The second kappa shape index (κ2) is 4.42. The van der Waals surface area contributed by atoms with Crippen LogP contribution < -0.4 is 4.90 Å². The van der Waals surface area contributed by atoms with Crippen LogP contribution in [0.2, 0.25) is 0 Å². The van der Waals surface area contributed by atoms with Crippen LogP contribution in [0.3, 0.4) is 0 Å². The van der Waals surface area contributed by atoms with Crippen molar-refractivity contribution in [2.75, 3.05) is 11.4 Å². The van der Waals surface area contributed by atoms with Crippen molar-refractivity contribution in [1.29, 1.82) is 0 Å². The number of carbonyl (C=O) groups excluding carboxylic acids is 1. The van der Waals surface area contributed by atoms with E-state index in [1.807, 2.05) is 13.0 Å². The Morgan fingerprint density at radius 2 is 2.06 bits per heavy atom. The average Bonchev–Trinajstić information content (AvgIpc) is 2.56. The lowest BCUT2D eigenvalue weighted by Gasteiger charge is -2.21. The highest BCUT2D eigenvalue weighted by molar-refractivity contribution is 6.04. The monoisotopic (exact) mass is 249 g/mol. The molecule has 1 atom stereocenters. The summed E-state index contributed by atoms with van der Waals surface area (Å²) in [6.07, 6.45) is -0.674. The summed E-state index contributed by atoms with van der Waals surface area (Å²) in [5, 5.41) is 18.7. The molecule has 0 radical (unpaired) electrons. The van der Waals surface area contributed by atoms with Gasteiger partial charge in [-0.1, -0.05) is 6.07 Å². The van der Waals surface area contributed by atoms with Crippen LogP contribution in [0.15, 0.2) is 12.1 Å². The molecular formula is C13H15NO4. The van der Waals surface area contributed by atoms with Crippen molar-refractivity contribution in [3.63, 3.8) is 0 Å². The fourth-order valence-electron chi connectivity index (χ4n) is 2.39. The molecule has 0 saturated carbocycles. The van der Waals surface area contributed by atoms with Gasteiger partial charge in [-0.2, -0.15) is 0 Å². The van der Waals surface area contributed by atoms with Crippen LogP contribution in [-0.4, -0.2) is 34.7 Å². The van der Waals surface area contributed by atoms with Crippen LogP contribution in [-0.2, 0) is 4.79 Å². The summed E-state index contributed by atoms with van der Waals surface area (Å²) >= 11 is 0. The molecule has 2 N–H and O–H groups in total. The van der Waals surface area contributed by atoms with Crippen molar-refractivity contribution in [3.8, 4) is 0 Å². The Bertz CT molecular complexity index is 524. The second-order valence-electron chi connectivity index (χ2n) is 4.65. The number of hydrogen-bond donors (Lipinski definition) is 2. The molecular weight excluding hydrogens is 234 g/mol. The van der Waals surface area contributed by atoms with Gasteiger partial charge in [0.15, 0.2) is 0 Å². The lowest BCUT2D eigenvalue weighted by molar-refractivity contribution is -0.117. The Balaban J connectivity index is 2.56. The maximum atomic E-state index is 11.8. The van der Waals surface area contributed by atoms with E-state index in [9.17, 15) is 19.8 Å². The number of nitrogens with zero attached hydrogens (tertiary/aromatic N) is 1. The van der Waals surface area contributed by atoms with Crippen LogP contribution in [0.4, 0.5) is 5.69 Å². The predicted molar refractivity (Wildman–Crippen MR) is 65.9 cm³/mol. The SMILES string of the molecule is Cc1cc(C)c(N2CC(O)CC2=O)c(C(=O)O)c1. The van der Waals surface area contributed by atoms with Crippen molar-refractivity contribution >= 4 is 17.6 Å². The molecule has 0 spiro atoms. The summed E-state index contributed by atoms with van der Waals surface area (Å²) in [6.45, 7) is 3.74. The lowest BCUT2D eigenvalue weighted by Crippen LogP contribution is -2.28. The van der Waals surface area contributed by atoms with Gasteiger partial charge < -0.3 is 15.1 Å². The zero-order valence-electron chi connectivity index (χ0n) is 10.3. The maximum absolute atomic E-state index is 11.8. The normalized spacial score (nSPS) is 19.4. The van der Waals surface area contributed by atoms with Gasteiger partial charge in [-0.3, -0.25) is 4.79 Å². The molecule has 0 aliphatic carbocycles. The molecule has 1 aliphatic rings. The molecule has 1 fully saturated rings. The van der Waals surface area contributed by atoms with Crippen molar-refractivity contribution in [2.24, 2.45) is 0 Å². The van der Waals surface area contributed by atoms with E-state index in [-0.39, 0.29) is 24.4 Å². The molecule has 2 rings (SSSR count). The number of anilines is 1. The number of carbonyl (C=O) groups is 2. The van der Waals surface area contributed by atoms with E-state index in [1.165, 1.54) is 4.90 Å². The van der Waals surface area contributed by atoms with E-state index in [2.05, 4.69) is 0 Å². The van der Waals surface area contributed by atoms with Gasteiger partial charge in [0.25, 0.3) is 0 Å². The zero-order valence-corrected chi connectivity index (χ0v) is 10.3. The topological polar surface area (TPSA) is 77.8 Å². The molecule has 0 bridgehead atoms. The molecule has 5 heteroatoms. The largest absolute Gasteiger partial charge is 0.478 e. The summed E-state index contributed by atoms with van der Waals surface area (Å²) in [5.41, 5.74) is 2.07. The second-order valence-corrected chi connectivity index (χ2v) is 4.65. The number of aliphatic hydroxyl groups excluding tert-OH is 1. The minimum absolute atomic E-state index is 0.0480. The number of benzene rings is 1. The van der Waals surface area contributed by atoms with Crippen LogP contribution in [0, 0.1) is 13.8 Å². The number of carboxylic acids is 1. The number of aryl methyl sites for hydroxylation is 2. The van der Waals surface area contributed by atoms with Crippen molar-refractivity contribution in [2.45, 2.75) is 26.4 Å². The maximum Gasteiger partial charge on any atom is 0.337 e. The summed E-state index contributed by atoms with van der Waals surface area (Å²) in [4.78, 5) is 24.4. The Hall–Kier alpha value is -1.88. The van der Waals surface area contributed by atoms with E-state index in [0.29, 0.717) is 5.69 Å². The quantitative estimate of drug-likeness (QED) is 0.822. The minimum atomic E-state index is -1.06. The molecule has 5 nitrogen and oxygen atoms in total. The molecule has 1 heterocycles. The lowest BCUT2D eigenvalue weighted by atomic mass is 10.0. The van der Waals surface area contributed by atoms with Crippen LogP contribution >= 0.6 is 0 Å². The highest BCUT2D eigenvalue weighted by atomic mass is 16.4. The first kappa shape index (κ1) is 12.6. The summed E-state index contributed by atoms with van der Waals surface area (Å²) in [5.74, 6) is -1.30. The molecule has 18 heavy (non-hydrogen) atoms. The van der Waals surface area contributed by atoms with E-state index in [0.717, 1.165) is 11.1 Å². The Labute approximate surface area is 105 Å². The first-order valence-electron chi connectivity index (χ1n) is 5.73. The van der Waals surface area contributed by atoms with Gasteiger partial charge in [0.2, 0.25) is 5.91 Å². The van der Waals surface area contributed by atoms with E-state index < -0.39 is 12.1 Å². The molecule has 0 aromatic heterocycles. The number of aromatic carboxylic acids is 1. The third-order valence-electron chi connectivity index (χ3n) is 3.05. The molecule has 1 amide bonds. The van der Waals surface area contributed by atoms with Crippen LogP contribution in [0.1, 0.15) is 27.9 Å². The number of rotatable bonds is 2. The van der Waals surface area contributed by atoms with Gasteiger partial charge in [-0.25, -0.2) is 4.79 Å². The van der Waals surface area contributed by atoms with Crippen LogP contribution in [0.5, 0.6) is 0 Å².